The van der Waals surface area contributed by atoms with Crippen molar-refractivity contribution in [2.24, 2.45) is 0 Å². The van der Waals surface area contributed by atoms with Gasteiger partial charge in [0, 0.05) is 10.3 Å². The molecule has 0 amide bonds. The van der Waals surface area contributed by atoms with E-state index < -0.39 is 0 Å². The van der Waals surface area contributed by atoms with E-state index in [1.54, 1.807) is 0 Å². The van der Waals surface area contributed by atoms with E-state index in [1.807, 2.05) is 6.92 Å². The molecular formula is C15H29IO2. The number of ether oxygens (including phenoxy) is 1. The van der Waals surface area contributed by atoms with Crippen LogP contribution in [0.4, 0.5) is 0 Å². The largest absolute Gasteiger partial charge is 0.466 e. The molecule has 0 heterocycles. The molecule has 0 rings (SSSR count). The van der Waals surface area contributed by atoms with Crippen LogP contribution in [0.15, 0.2) is 0 Å². The fourth-order valence-electron chi connectivity index (χ4n) is 1.96. The van der Waals surface area contributed by atoms with Crippen molar-refractivity contribution in [3.63, 3.8) is 0 Å². The van der Waals surface area contributed by atoms with Crippen molar-refractivity contribution in [1.29, 1.82) is 0 Å². The lowest BCUT2D eigenvalue weighted by molar-refractivity contribution is -0.143. The molecule has 18 heavy (non-hydrogen) atoms. The Labute approximate surface area is 126 Å². The Morgan fingerprint density at radius 2 is 1.56 bits per heavy atom. The summed E-state index contributed by atoms with van der Waals surface area (Å²) in [7, 11) is 0. The Morgan fingerprint density at radius 3 is 2.11 bits per heavy atom. The minimum absolute atomic E-state index is 0.0369. The molecule has 0 aliphatic rings. The van der Waals surface area contributed by atoms with Gasteiger partial charge in [0.25, 0.3) is 0 Å². The first kappa shape index (κ1) is 18.2. The van der Waals surface area contributed by atoms with Gasteiger partial charge in [0.15, 0.2) is 0 Å². The normalized spacial score (nSPS) is 12.4. The quantitative estimate of drug-likeness (QED) is 0.203. The van der Waals surface area contributed by atoms with Crippen molar-refractivity contribution in [3.05, 3.63) is 0 Å². The summed E-state index contributed by atoms with van der Waals surface area (Å²) in [4.78, 5) is 11.1. The van der Waals surface area contributed by atoms with Crippen LogP contribution in [0.25, 0.3) is 0 Å². The molecular weight excluding hydrogens is 339 g/mol. The van der Waals surface area contributed by atoms with E-state index in [-0.39, 0.29) is 5.97 Å². The maximum absolute atomic E-state index is 11.1. The number of hydrogen-bond acceptors (Lipinski definition) is 2. The Kier molecular flexibility index (Phi) is 13.8. The lowest BCUT2D eigenvalue weighted by Gasteiger charge is -2.06. The van der Waals surface area contributed by atoms with Crippen LogP contribution in [-0.2, 0) is 9.53 Å². The van der Waals surface area contributed by atoms with Crippen LogP contribution in [0.5, 0.6) is 0 Å². The second kappa shape index (κ2) is 13.6. The molecule has 0 aliphatic carbocycles. The summed E-state index contributed by atoms with van der Waals surface area (Å²) in [5.41, 5.74) is 0. The molecule has 0 fully saturated rings. The molecule has 0 saturated heterocycles. The molecule has 0 aromatic rings. The molecule has 3 heteroatoms. The van der Waals surface area contributed by atoms with Gasteiger partial charge in [0.2, 0.25) is 0 Å². The molecule has 0 saturated carbocycles. The van der Waals surface area contributed by atoms with Crippen LogP contribution in [0.3, 0.4) is 0 Å². The molecule has 0 aromatic carbocycles. The van der Waals surface area contributed by atoms with Crippen LogP contribution in [-0.4, -0.2) is 16.5 Å². The molecule has 2 nitrogen and oxygen atoms in total. The topological polar surface area (TPSA) is 26.3 Å². The first-order valence-electron chi connectivity index (χ1n) is 7.50. The molecule has 0 radical (unpaired) electrons. The number of unbranched alkanes of at least 4 members (excludes halogenated alkanes) is 6. The fourth-order valence-corrected chi connectivity index (χ4v) is 2.40. The van der Waals surface area contributed by atoms with Crippen molar-refractivity contribution in [1.82, 2.24) is 0 Å². The van der Waals surface area contributed by atoms with Gasteiger partial charge < -0.3 is 4.74 Å². The lowest BCUT2D eigenvalue weighted by atomic mass is 10.1. The van der Waals surface area contributed by atoms with E-state index in [9.17, 15) is 4.79 Å². The third-order valence-electron chi connectivity index (χ3n) is 3.15. The first-order chi connectivity index (χ1) is 8.70. The van der Waals surface area contributed by atoms with E-state index in [1.165, 1.54) is 51.4 Å². The molecule has 108 valence electrons. The maximum Gasteiger partial charge on any atom is 0.305 e. The van der Waals surface area contributed by atoms with E-state index >= 15 is 0 Å². The Morgan fingerprint density at radius 1 is 1.00 bits per heavy atom. The van der Waals surface area contributed by atoms with Gasteiger partial charge in [0.1, 0.15) is 0 Å². The SMILES string of the molecule is CCOC(=O)CCCCCCCCCC(I)CC. The number of carbonyl (C=O) groups is 1. The Bertz CT molecular complexity index is 195. The minimum atomic E-state index is -0.0369. The van der Waals surface area contributed by atoms with E-state index in [0.717, 1.165) is 10.3 Å². The number of carbonyl (C=O) groups excluding carboxylic acids is 1. The first-order valence-corrected chi connectivity index (χ1v) is 8.75. The number of rotatable bonds is 12. The summed E-state index contributed by atoms with van der Waals surface area (Å²) in [6.45, 7) is 4.63. The molecule has 0 spiro atoms. The predicted molar refractivity (Wildman–Crippen MR) is 86.3 cm³/mol. The molecule has 0 bridgehead atoms. The number of alkyl halides is 1. The van der Waals surface area contributed by atoms with Gasteiger partial charge in [-0.05, 0) is 26.2 Å². The van der Waals surface area contributed by atoms with Crippen molar-refractivity contribution < 1.29 is 9.53 Å². The van der Waals surface area contributed by atoms with Crippen LogP contribution in [0.1, 0.15) is 78.1 Å². The third kappa shape index (κ3) is 12.7. The summed E-state index contributed by atoms with van der Waals surface area (Å²) >= 11 is 2.55. The highest BCUT2D eigenvalue weighted by atomic mass is 127. The zero-order valence-electron chi connectivity index (χ0n) is 12.0. The molecule has 0 aliphatic heterocycles. The lowest BCUT2D eigenvalue weighted by Crippen LogP contribution is -2.03. The van der Waals surface area contributed by atoms with Crippen molar-refractivity contribution in [3.8, 4) is 0 Å². The average Bonchev–Trinajstić information content (AvgIpc) is 2.36. The van der Waals surface area contributed by atoms with Gasteiger partial charge in [0.05, 0.1) is 6.61 Å². The van der Waals surface area contributed by atoms with E-state index in [0.29, 0.717) is 13.0 Å². The zero-order chi connectivity index (χ0) is 13.6. The summed E-state index contributed by atoms with van der Waals surface area (Å²) < 4.78 is 5.76. The van der Waals surface area contributed by atoms with E-state index in [4.69, 9.17) is 4.74 Å². The van der Waals surface area contributed by atoms with Gasteiger partial charge in [-0.3, -0.25) is 4.79 Å². The average molecular weight is 368 g/mol. The van der Waals surface area contributed by atoms with Gasteiger partial charge >= 0.3 is 5.97 Å². The second-order valence-corrected chi connectivity index (χ2v) is 6.59. The predicted octanol–water partition coefficient (Wildman–Crippen LogP) is 5.27. The molecule has 1 unspecified atom stereocenters. The zero-order valence-corrected chi connectivity index (χ0v) is 14.2. The third-order valence-corrected chi connectivity index (χ3v) is 4.65. The van der Waals surface area contributed by atoms with Crippen molar-refractivity contribution >= 4 is 28.6 Å². The summed E-state index contributed by atoms with van der Waals surface area (Å²) in [6.07, 6.45) is 12.1. The minimum Gasteiger partial charge on any atom is -0.466 e. The highest BCUT2D eigenvalue weighted by Gasteiger charge is 2.01. The Balaban J connectivity index is 3.10. The van der Waals surface area contributed by atoms with Gasteiger partial charge in [-0.15, -0.1) is 0 Å². The monoisotopic (exact) mass is 368 g/mol. The molecule has 1 atom stereocenters. The summed E-state index contributed by atoms with van der Waals surface area (Å²) in [6, 6.07) is 0. The summed E-state index contributed by atoms with van der Waals surface area (Å²) in [5.74, 6) is -0.0369. The Hall–Kier alpha value is 0.200. The van der Waals surface area contributed by atoms with E-state index in [2.05, 4.69) is 29.5 Å². The molecule has 0 aromatic heterocycles. The van der Waals surface area contributed by atoms with Gasteiger partial charge in [-0.1, -0.05) is 68.0 Å². The number of hydrogen-bond donors (Lipinski definition) is 0. The highest BCUT2D eigenvalue weighted by Crippen LogP contribution is 2.16. The maximum atomic E-state index is 11.1. The highest BCUT2D eigenvalue weighted by molar-refractivity contribution is 14.1. The van der Waals surface area contributed by atoms with Crippen LogP contribution in [0.2, 0.25) is 0 Å². The second-order valence-electron chi connectivity index (χ2n) is 4.82. The molecule has 0 N–H and O–H groups in total. The summed E-state index contributed by atoms with van der Waals surface area (Å²) in [5, 5.41) is 0. The van der Waals surface area contributed by atoms with Crippen LogP contribution >= 0.6 is 22.6 Å². The van der Waals surface area contributed by atoms with Crippen LogP contribution in [0, 0.1) is 0 Å². The van der Waals surface area contributed by atoms with Gasteiger partial charge in [-0.25, -0.2) is 0 Å². The smallest absolute Gasteiger partial charge is 0.305 e. The van der Waals surface area contributed by atoms with Crippen molar-refractivity contribution in [2.75, 3.05) is 6.61 Å². The van der Waals surface area contributed by atoms with Crippen molar-refractivity contribution in [2.45, 2.75) is 82.0 Å². The fraction of sp³-hybridized carbons (Fsp3) is 0.933. The van der Waals surface area contributed by atoms with Gasteiger partial charge in [-0.2, -0.15) is 0 Å². The standard InChI is InChI=1S/C15H29IO2/c1-3-14(16)12-10-8-6-5-7-9-11-13-15(17)18-4-2/h14H,3-13H2,1-2H3. The van der Waals surface area contributed by atoms with Crippen LogP contribution < -0.4 is 0 Å². The number of halogens is 1. The number of esters is 1.